The van der Waals surface area contributed by atoms with Crippen LogP contribution in [0.25, 0.3) is 0 Å². The number of rotatable bonds is 4. The largest absolute Gasteiger partial charge is 0.494 e. The second-order valence-electron chi connectivity index (χ2n) is 3.75. The summed E-state index contributed by atoms with van der Waals surface area (Å²) in [7, 11) is 0. The van der Waals surface area contributed by atoms with E-state index in [0.29, 0.717) is 23.0 Å². The zero-order chi connectivity index (χ0) is 13.7. The smallest absolute Gasteiger partial charge is 0.256 e. The Morgan fingerprint density at radius 2 is 2.00 bits per heavy atom. The van der Waals surface area contributed by atoms with Crippen LogP contribution in [-0.2, 0) is 0 Å². The molecule has 0 aliphatic heterocycles. The van der Waals surface area contributed by atoms with Gasteiger partial charge >= 0.3 is 0 Å². The van der Waals surface area contributed by atoms with E-state index >= 15 is 0 Å². The number of carbonyl (C=O) groups excluding carboxylic acids is 1. The predicted octanol–water partition coefficient (Wildman–Crippen LogP) is 3.81. The highest BCUT2D eigenvalue weighted by molar-refractivity contribution is 6.33. The van der Waals surface area contributed by atoms with Crippen molar-refractivity contribution in [2.45, 2.75) is 6.92 Å². The lowest BCUT2D eigenvalue weighted by molar-refractivity contribution is 0.102. The summed E-state index contributed by atoms with van der Waals surface area (Å²) in [6, 6.07) is 10.3. The van der Waals surface area contributed by atoms with Gasteiger partial charge in [0.2, 0.25) is 0 Å². The lowest BCUT2D eigenvalue weighted by Crippen LogP contribution is -2.13. The Labute approximate surface area is 128 Å². The molecule has 0 radical (unpaired) electrons. The van der Waals surface area contributed by atoms with Crippen molar-refractivity contribution in [1.82, 2.24) is 4.98 Å². The molecule has 0 unspecified atom stereocenters. The highest BCUT2D eigenvalue weighted by Crippen LogP contribution is 2.19. The molecule has 0 aliphatic carbocycles. The standard InChI is InChI=1S/C14H13ClN2O2.ClH/c1-2-19-11-7-5-10(6-8-11)14(18)17-13-12(15)4-3-9-16-13;/h3-9H,2H2,1H3,(H,16,17,18);1H. The molecule has 4 nitrogen and oxygen atoms in total. The third kappa shape index (κ3) is 4.11. The molecule has 0 bridgehead atoms. The number of pyridine rings is 1. The zero-order valence-electron chi connectivity index (χ0n) is 10.8. The van der Waals surface area contributed by atoms with Gasteiger partial charge in [-0.25, -0.2) is 4.98 Å². The average molecular weight is 313 g/mol. The van der Waals surface area contributed by atoms with Gasteiger partial charge in [-0.1, -0.05) is 11.6 Å². The number of anilines is 1. The van der Waals surface area contributed by atoms with Gasteiger partial charge in [0.15, 0.2) is 5.82 Å². The number of amides is 1. The number of ether oxygens (including phenoxy) is 1. The summed E-state index contributed by atoms with van der Waals surface area (Å²) >= 11 is 5.93. The third-order valence-corrected chi connectivity index (χ3v) is 2.72. The summed E-state index contributed by atoms with van der Waals surface area (Å²) in [5.74, 6) is 0.821. The van der Waals surface area contributed by atoms with E-state index in [4.69, 9.17) is 16.3 Å². The van der Waals surface area contributed by atoms with Crippen LogP contribution >= 0.6 is 24.0 Å². The first kappa shape index (κ1) is 16.3. The lowest BCUT2D eigenvalue weighted by Gasteiger charge is -2.07. The second-order valence-corrected chi connectivity index (χ2v) is 4.15. The molecule has 0 spiro atoms. The fraction of sp³-hybridized carbons (Fsp3) is 0.143. The molecule has 6 heteroatoms. The van der Waals surface area contributed by atoms with E-state index < -0.39 is 0 Å². The molecule has 0 saturated heterocycles. The van der Waals surface area contributed by atoms with Crippen molar-refractivity contribution in [2.75, 3.05) is 11.9 Å². The maximum absolute atomic E-state index is 12.0. The quantitative estimate of drug-likeness (QED) is 0.934. The minimum atomic E-state index is -0.261. The number of nitrogens with zero attached hydrogens (tertiary/aromatic N) is 1. The van der Waals surface area contributed by atoms with Crippen LogP contribution in [0, 0.1) is 0 Å². The molecule has 1 N–H and O–H groups in total. The summed E-state index contributed by atoms with van der Waals surface area (Å²) in [5, 5.41) is 3.06. The van der Waals surface area contributed by atoms with Crippen molar-refractivity contribution in [1.29, 1.82) is 0 Å². The normalized spacial score (nSPS) is 9.50. The fourth-order valence-corrected chi connectivity index (χ4v) is 1.70. The van der Waals surface area contributed by atoms with E-state index in [1.54, 1.807) is 42.6 Å². The fourth-order valence-electron chi connectivity index (χ4n) is 1.53. The van der Waals surface area contributed by atoms with Gasteiger partial charge in [0, 0.05) is 11.8 Å². The first-order valence-electron chi connectivity index (χ1n) is 5.85. The van der Waals surface area contributed by atoms with Crippen molar-refractivity contribution in [3.05, 3.63) is 53.2 Å². The summed E-state index contributed by atoms with van der Waals surface area (Å²) in [6.45, 7) is 2.50. The van der Waals surface area contributed by atoms with Crippen molar-refractivity contribution < 1.29 is 9.53 Å². The van der Waals surface area contributed by atoms with Crippen molar-refractivity contribution in [3.8, 4) is 5.75 Å². The van der Waals surface area contributed by atoms with Crippen LogP contribution in [0.2, 0.25) is 5.02 Å². The zero-order valence-corrected chi connectivity index (χ0v) is 12.4. The van der Waals surface area contributed by atoms with Gasteiger partial charge in [0.25, 0.3) is 5.91 Å². The van der Waals surface area contributed by atoms with Gasteiger partial charge < -0.3 is 10.1 Å². The molecule has 1 amide bonds. The molecule has 0 fully saturated rings. The maximum Gasteiger partial charge on any atom is 0.256 e. The molecule has 1 heterocycles. The number of benzene rings is 1. The van der Waals surface area contributed by atoms with Crippen molar-refractivity contribution in [3.63, 3.8) is 0 Å². The Hall–Kier alpha value is -1.78. The van der Waals surface area contributed by atoms with Crippen LogP contribution in [0.3, 0.4) is 0 Å². The number of carbonyl (C=O) groups is 1. The molecule has 2 aromatic rings. The molecule has 2 rings (SSSR count). The first-order valence-corrected chi connectivity index (χ1v) is 6.23. The number of aromatic nitrogens is 1. The van der Waals surface area contributed by atoms with E-state index in [0.717, 1.165) is 5.75 Å². The summed E-state index contributed by atoms with van der Waals surface area (Å²) in [5.41, 5.74) is 0.519. The van der Waals surface area contributed by atoms with Gasteiger partial charge in [0.05, 0.1) is 11.6 Å². The monoisotopic (exact) mass is 312 g/mol. The van der Waals surface area contributed by atoms with Gasteiger partial charge in [-0.3, -0.25) is 4.79 Å². The van der Waals surface area contributed by atoms with E-state index in [9.17, 15) is 4.79 Å². The van der Waals surface area contributed by atoms with E-state index in [1.807, 2.05) is 6.92 Å². The highest BCUT2D eigenvalue weighted by Gasteiger charge is 2.09. The maximum atomic E-state index is 12.0. The molecule has 20 heavy (non-hydrogen) atoms. The van der Waals surface area contributed by atoms with E-state index in [1.165, 1.54) is 0 Å². The molecule has 106 valence electrons. The van der Waals surface area contributed by atoms with Crippen LogP contribution in [0.5, 0.6) is 5.75 Å². The van der Waals surface area contributed by atoms with Gasteiger partial charge in [-0.15, -0.1) is 12.4 Å². The molecule has 1 aromatic heterocycles. The van der Waals surface area contributed by atoms with Crippen LogP contribution < -0.4 is 10.1 Å². The minimum absolute atomic E-state index is 0. The van der Waals surface area contributed by atoms with E-state index in [-0.39, 0.29) is 18.3 Å². The molecule has 1 aromatic carbocycles. The van der Waals surface area contributed by atoms with Crippen LogP contribution in [0.1, 0.15) is 17.3 Å². The minimum Gasteiger partial charge on any atom is -0.494 e. The summed E-state index contributed by atoms with van der Waals surface area (Å²) in [6.07, 6.45) is 1.57. The summed E-state index contributed by atoms with van der Waals surface area (Å²) in [4.78, 5) is 16.0. The Morgan fingerprint density at radius 3 is 2.60 bits per heavy atom. The SMILES string of the molecule is CCOc1ccc(C(=O)Nc2ncccc2Cl)cc1.Cl. The number of hydrogen-bond donors (Lipinski definition) is 1. The average Bonchev–Trinajstić information content (AvgIpc) is 2.42. The van der Waals surface area contributed by atoms with Crippen LogP contribution in [0.4, 0.5) is 5.82 Å². The number of nitrogens with one attached hydrogen (secondary N) is 1. The predicted molar refractivity (Wildman–Crippen MR) is 82.1 cm³/mol. The first-order chi connectivity index (χ1) is 9.20. The molecule has 0 aliphatic rings. The van der Waals surface area contributed by atoms with Gasteiger partial charge in [0.1, 0.15) is 5.75 Å². The molecular weight excluding hydrogens is 299 g/mol. The van der Waals surface area contributed by atoms with Crippen molar-refractivity contribution in [2.24, 2.45) is 0 Å². The Kier molecular flexibility index (Phi) is 6.28. The molecule has 0 atom stereocenters. The molecule has 0 saturated carbocycles. The highest BCUT2D eigenvalue weighted by atomic mass is 35.5. The topological polar surface area (TPSA) is 51.2 Å². The number of hydrogen-bond acceptors (Lipinski definition) is 3. The Balaban J connectivity index is 0.00000200. The summed E-state index contributed by atoms with van der Waals surface area (Å²) < 4.78 is 5.31. The Morgan fingerprint density at radius 1 is 1.30 bits per heavy atom. The van der Waals surface area contributed by atoms with Gasteiger partial charge in [-0.2, -0.15) is 0 Å². The van der Waals surface area contributed by atoms with E-state index in [2.05, 4.69) is 10.3 Å². The number of halogens is 2. The lowest BCUT2D eigenvalue weighted by atomic mass is 10.2. The van der Waals surface area contributed by atoms with Crippen LogP contribution in [-0.4, -0.2) is 17.5 Å². The third-order valence-electron chi connectivity index (χ3n) is 2.42. The van der Waals surface area contributed by atoms with Crippen molar-refractivity contribution >= 4 is 35.7 Å². The van der Waals surface area contributed by atoms with Crippen LogP contribution in [0.15, 0.2) is 42.6 Å². The molecular formula is C14H14Cl2N2O2. The Bertz CT molecular complexity index is 574. The van der Waals surface area contributed by atoms with Gasteiger partial charge in [-0.05, 0) is 43.3 Å². The second kappa shape index (κ2) is 7.72.